The van der Waals surface area contributed by atoms with Gasteiger partial charge in [-0.1, -0.05) is 117 Å². The standard InChI is InChI=1S/C51H33BN2O2S/c1-51(2)37-16-7-9-19-42(37)55-45-28-34-35-27-36-33-15-6-11-22-46(33)57-50(36)49-47(35)52(39-17-12-21-44-48(39)53(49)40-18-8-10-20-43(40)56-44)54(41(34)29-38(45)51)32-25-23-31(24-26-32)30-13-4-3-5-14-30/h3-29H,1-2H3. The van der Waals surface area contributed by atoms with Crippen molar-refractivity contribution >= 4 is 77.7 Å². The van der Waals surface area contributed by atoms with Gasteiger partial charge in [-0.3, -0.25) is 0 Å². The number of anilines is 5. The van der Waals surface area contributed by atoms with E-state index in [0.717, 1.165) is 40.1 Å². The van der Waals surface area contributed by atoms with Crippen molar-refractivity contribution in [1.82, 2.24) is 0 Å². The van der Waals surface area contributed by atoms with Crippen molar-refractivity contribution in [2.75, 3.05) is 9.71 Å². The summed E-state index contributed by atoms with van der Waals surface area (Å²) in [6.07, 6.45) is 0. The van der Waals surface area contributed by atoms with Crippen LogP contribution in [0.5, 0.6) is 23.0 Å². The first-order valence-electron chi connectivity index (χ1n) is 19.6. The molecule has 8 aromatic carbocycles. The Hall–Kier alpha value is -6.76. The van der Waals surface area contributed by atoms with Crippen molar-refractivity contribution < 1.29 is 9.47 Å². The van der Waals surface area contributed by atoms with E-state index in [1.807, 2.05) is 11.3 Å². The first-order chi connectivity index (χ1) is 28.0. The average molecular weight is 749 g/mol. The summed E-state index contributed by atoms with van der Waals surface area (Å²) in [6, 6.07) is 59.5. The molecule has 9 aromatic rings. The Balaban J connectivity index is 1.17. The Labute approximate surface area is 334 Å². The fourth-order valence-corrected chi connectivity index (χ4v) is 11.3. The third-order valence-corrected chi connectivity index (χ3v) is 13.9. The molecule has 0 fully saturated rings. The normalized spacial score (nSPS) is 14.8. The van der Waals surface area contributed by atoms with Crippen LogP contribution >= 0.6 is 11.3 Å². The SMILES string of the molecule is CC1(C)c2ccccc2Oc2cc3c(cc21)N(c1ccc(-c2ccccc2)cc1)B1c2cccc4c2N(c2ccccc2O4)c2c1c-3cc1c2sc2ccccc21. The van der Waals surface area contributed by atoms with Gasteiger partial charge in [-0.2, -0.15) is 0 Å². The van der Waals surface area contributed by atoms with Crippen molar-refractivity contribution in [2.45, 2.75) is 19.3 Å². The maximum atomic E-state index is 6.87. The fraction of sp³-hybridized carbons (Fsp3) is 0.0588. The van der Waals surface area contributed by atoms with Crippen LogP contribution in [0.2, 0.25) is 0 Å². The number of para-hydroxylation sites is 4. The van der Waals surface area contributed by atoms with Crippen LogP contribution in [0.1, 0.15) is 25.0 Å². The highest BCUT2D eigenvalue weighted by Crippen LogP contribution is 2.59. The highest BCUT2D eigenvalue weighted by atomic mass is 32.1. The van der Waals surface area contributed by atoms with Gasteiger partial charge in [-0.25, -0.2) is 0 Å². The molecule has 0 radical (unpaired) electrons. The number of fused-ring (bicyclic) bond motifs is 12. The zero-order chi connectivity index (χ0) is 37.6. The Morgan fingerprint density at radius 2 is 1.25 bits per heavy atom. The van der Waals surface area contributed by atoms with Gasteiger partial charge in [-0.05, 0) is 88.3 Å². The van der Waals surface area contributed by atoms with Crippen molar-refractivity contribution in [2.24, 2.45) is 0 Å². The first-order valence-corrected chi connectivity index (χ1v) is 20.4. The molecule has 0 atom stereocenters. The molecule has 0 N–H and O–H groups in total. The second kappa shape index (κ2) is 11.2. The smallest absolute Gasteiger partial charge is 0.333 e. The van der Waals surface area contributed by atoms with Gasteiger partial charge in [0.1, 0.15) is 11.5 Å². The predicted molar refractivity (Wildman–Crippen MR) is 237 cm³/mol. The largest absolute Gasteiger partial charge is 0.457 e. The molecule has 0 unspecified atom stereocenters. The molecule has 57 heavy (non-hydrogen) atoms. The van der Waals surface area contributed by atoms with Crippen molar-refractivity contribution in [3.63, 3.8) is 0 Å². The Morgan fingerprint density at radius 3 is 2.12 bits per heavy atom. The van der Waals surface area contributed by atoms with Crippen LogP contribution in [0.15, 0.2) is 164 Å². The van der Waals surface area contributed by atoms with Gasteiger partial charge < -0.3 is 19.2 Å². The lowest BCUT2D eigenvalue weighted by atomic mass is 9.43. The zero-order valence-corrected chi connectivity index (χ0v) is 32.1. The van der Waals surface area contributed by atoms with Gasteiger partial charge in [0.25, 0.3) is 0 Å². The van der Waals surface area contributed by atoms with Crippen molar-refractivity contribution in [3.8, 4) is 45.3 Å². The number of hydrogen-bond acceptors (Lipinski definition) is 5. The second-order valence-electron chi connectivity index (χ2n) is 16.0. The zero-order valence-electron chi connectivity index (χ0n) is 31.3. The molecule has 5 heterocycles. The monoisotopic (exact) mass is 748 g/mol. The van der Waals surface area contributed by atoms with E-state index in [-0.39, 0.29) is 12.3 Å². The molecule has 4 aliphatic rings. The molecular formula is C51H33BN2O2S. The molecule has 13 rings (SSSR count). The molecule has 0 spiro atoms. The lowest BCUT2D eigenvalue weighted by Crippen LogP contribution is -2.62. The summed E-state index contributed by atoms with van der Waals surface area (Å²) < 4.78 is 16.2. The van der Waals surface area contributed by atoms with E-state index < -0.39 is 0 Å². The van der Waals surface area contributed by atoms with E-state index in [2.05, 4.69) is 187 Å². The van der Waals surface area contributed by atoms with Gasteiger partial charge in [-0.15, -0.1) is 11.3 Å². The number of benzene rings is 8. The molecule has 4 aliphatic heterocycles. The van der Waals surface area contributed by atoms with E-state index in [1.54, 1.807) is 0 Å². The maximum Gasteiger partial charge on any atom is 0.333 e. The van der Waals surface area contributed by atoms with E-state index in [0.29, 0.717) is 0 Å². The lowest BCUT2D eigenvalue weighted by Gasteiger charge is -2.48. The van der Waals surface area contributed by atoms with Crippen LogP contribution in [0.3, 0.4) is 0 Å². The molecule has 4 nitrogen and oxygen atoms in total. The Kier molecular flexibility index (Phi) is 6.17. The van der Waals surface area contributed by atoms with Crippen LogP contribution in [0, 0.1) is 0 Å². The van der Waals surface area contributed by atoms with Gasteiger partial charge in [0.15, 0.2) is 11.5 Å². The van der Waals surface area contributed by atoms with Gasteiger partial charge in [0.05, 0.1) is 21.8 Å². The highest BCUT2D eigenvalue weighted by Gasteiger charge is 2.49. The summed E-state index contributed by atoms with van der Waals surface area (Å²) in [5, 5.41) is 2.54. The van der Waals surface area contributed by atoms with E-state index >= 15 is 0 Å². The van der Waals surface area contributed by atoms with Gasteiger partial charge in [0, 0.05) is 49.0 Å². The molecular weight excluding hydrogens is 715 g/mol. The lowest BCUT2D eigenvalue weighted by molar-refractivity contribution is 0.418. The molecule has 1 aromatic heterocycles. The summed E-state index contributed by atoms with van der Waals surface area (Å²) in [5.74, 6) is 3.57. The molecule has 0 bridgehead atoms. The summed E-state index contributed by atoms with van der Waals surface area (Å²) in [6.45, 7) is 4.52. The van der Waals surface area contributed by atoms with Gasteiger partial charge >= 0.3 is 6.85 Å². The number of hydrogen-bond donors (Lipinski definition) is 0. The number of ether oxygens (including phenoxy) is 2. The van der Waals surface area contributed by atoms with Crippen LogP contribution in [0.4, 0.5) is 28.4 Å². The third kappa shape index (κ3) is 4.18. The van der Waals surface area contributed by atoms with Crippen molar-refractivity contribution in [3.05, 3.63) is 175 Å². The van der Waals surface area contributed by atoms with Gasteiger partial charge in [0.2, 0.25) is 0 Å². The molecule has 0 saturated carbocycles. The quantitative estimate of drug-likeness (QED) is 0.164. The molecule has 268 valence electrons. The first kappa shape index (κ1) is 31.4. The minimum absolute atomic E-state index is 0.141. The van der Waals surface area contributed by atoms with E-state index in [4.69, 9.17) is 9.47 Å². The molecule has 0 aliphatic carbocycles. The summed E-state index contributed by atoms with van der Waals surface area (Å²) >= 11 is 1.89. The van der Waals surface area contributed by atoms with Crippen molar-refractivity contribution in [1.29, 1.82) is 0 Å². The summed E-state index contributed by atoms with van der Waals surface area (Å²) in [7, 11) is 0. The maximum absolute atomic E-state index is 6.87. The predicted octanol–water partition coefficient (Wildman–Crippen LogP) is 13.0. The number of thiophene rings is 1. The summed E-state index contributed by atoms with van der Waals surface area (Å²) in [5.41, 5.74) is 15.1. The Morgan fingerprint density at radius 1 is 0.526 bits per heavy atom. The van der Waals surface area contributed by atoms with Crippen LogP contribution in [-0.2, 0) is 5.41 Å². The fourth-order valence-electron chi connectivity index (χ4n) is 10.0. The van der Waals surface area contributed by atoms with E-state index in [9.17, 15) is 0 Å². The van der Waals surface area contributed by atoms with Crippen LogP contribution in [-0.4, -0.2) is 6.85 Å². The number of nitrogens with zero attached hydrogens (tertiary/aromatic N) is 2. The van der Waals surface area contributed by atoms with E-state index in [1.165, 1.54) is 75.9 Å². The second-order valence-corrected chi connectivity index (χ2v) is 17.1. The van der Waals surface area contributed by atoms with Crippen LogP contribution < -0.4 is 30.1 Å². The topological polar surface area (TPSA) is 24.9 Å². The minimum atomic E-state index is -0.284. The molecule has 0 saturated heterocycles. The minimum Gasteiger partial charge on any atom is -0.457 e. The average Bonchev–Trinajstić information content (AvgIpc) is 3.63. The highest BCUT2D eigenvalue weighted by molar-refractivity contribution is 7.26. The van der Waals surface area contributed by atoms with Crippen LogP contribution in [0.25, 0.3) is 42.4 Å². The summed E-state index contributed by atoms with van der Waals surface area (Å²) in [4.78, 5) is 5.10. The number of rotatable bonds is 2. The third-order valence-electron chi connectivity index (χ3n) is 12.7. The Bertz CT molecular complexity index is 3190. The molecule has 6 heteroatoms. The molecule has 0 amide bonds.